The summed E-state index contributed by atoms with van der Waals surface area (Å²) in [5.74, 6) is 4.41. The molecule has 0 spiro atoms. The molecule has 1 aromatic rings. The third kappa shape index (κ3) is 3.21. The number of nitrogens with two attached hydrogens (primary N) is 2. The van der Waals surface area contributed by atoms with Gasteiger partial charge in [0.25, 0.3) is 5.91 Å². The van der Waals surface area contributed by atoms with E-state index in [1.165, 1.54) is 12.4 Å². The van der Waals surface area contributed by atoms with Crippen LogP contribution in [-0.4, -0.2) is 23.3 Å². The Balaban J connectivity index is 2.62. The van der Waals surface area contributed by atoms with E-state index in [4.69, 9.17) is 11.6 Å². The van der Waals surface area contributed by atoms with Crippen LogP contribution in [0.4, 0.5) is 5.69 Å². The number of nitrogens with one attached hydrogen (secondary N) is 2. The van der Waals surface area contributed by atoms with Crippen LogP contribution in [0.5, 0.6) is 0 Å². The van der Waals surface area contributed by atoms with Crippen molar-refractivity contribution < 1.29 is 9.59 Å². The number of hydrazine groups is 1. The van der Waals surface area contributed by atoms with E-state index in [9.17, 15) is 9.59 Å². The second-order valence-corrected chi connectivity index (χ2v) is 3.04. The van der Waals surface area contributed by atoms with Crippen molar-refractivity contribution in [3.8, 4) is 0 Å². The van der Waals surface area contributed by atoms with E-state index in [-0.39, 0.29) is 18.9 Å². The summed E-state index contributed by atoms with van der Waals surface area (Å²) in [5.41, 5.74) is 8.10. The molecule has 1 heterocycles. The Hall–Kier alpha value is -2.15. The van der Waals surface area contributed by atoms with Gasteiger partial charge in [-0.15, -0.1) is 0 Å². The molecule has 6 N–H and O–H groups in total. The van der Waals surface area contributed by atoms with Crippen molar-refractivity contribution in [2.75, 3.05) is 12.0 Å². The van der Waals surface area contributed by atoms with Crippen LogP contribution >= 0.6 is 0 Å². The largest absolute Gasteiger partial charge is 0.370 e. The van der Waals surface area contributed by atoms with Gasteiger partial charge in [0.05, 0.1) is 11.3 Å². The highest BCUT2D eigenvalue weighted by molar-refractivity contribution is 5.99. The molecule has 0 aromatic carbocycles. The van der Waals surface area contributed by atoms with Gasteiger partial charge in [0.2, 0.25) is 5.91 Å². The lowest BCUT2D eigenvalue weighted by atomic mass is 10.2. The van der Waals surface area contributed by atoms with Gasteiger partial charge in [-0.05, 0) is 6.07 Å². The number of carbonyl (C=O) groups is 2. The lowest BCUT2D eigenvalue weighted by Crippen LogP contribution is -2.29. The van der Waals surface area contributed by atoms with E-state index >= 15 is 0 Å². The van der Waals surface area contributed by atoms with Gasteiger partial charge < -0.3 is 16.5 Å². The monoisotopic (exact) mass is 223 g/mol. The molecule has 16 heavy (non-hydrogen) atoms. The topological polar surface area (TPSA) is 123 Å². The quantitative estimate of drug-likeness (QED) is 0.375. The minimum atomic E-state index is -0.469. The zero-order valence-electron chi connectivity index (χ0n) is 8.56. The lowest BCUT2D eigenvalue weighted by Gasteiger charge is -2.07. The number of amides is 2. The van der Waals surface area contributed by atoms with Gasteiger partial charge in [-0.2, -0.15) is 0 Å². The Morgan fingerprint density at radius 1 is 1.44 bits per heavy atom. The van der Waals surface area contributed by atoms with Crippen molar-refractivity contribution in [3.63, 3.8) is 0 Å². The van der Waals surface area contributed by atoms with Gasteiger partial charge in [0.15, 0.2) is 0 Å². The molecule has 0 aliphatic heterocycles. The summed E-state index contributed by atoms with van der Waals surface area (Å²) in [6, 6.07) is 1.57. The van der Waals surface area contributed by atoms with Gasteiger partial charge in [-0.1, -0.05) is 0 Å². The molecule has 0 radical (unpaired) electrons. The molecule has 2 amide bonds. The normalized spacial score (nSPS) is 9.56. The summed E-state index contributed by atoms with van der Waals surface area (Å²) in [7, 11) is 0. The Labute approximate surface area is 92.2 Å². The zero-order chi connectivity index (χ0) is 12.0. The second-order valence-electron chi connectivity index (χ2n) is 3.04. The van der Waals surface area contributed by atoms with Crippen LogP contribution in [0.2, 0.25) is 0 Å². The zero-order valence-corrected chi connectivity index (χ0v) is 8.56. The molecule has 0 aliphatic carbocycles. The molecule has 0 saturated heterocycles. The highest BCUT2D eigenvalue weighted by Crippen LogP contribution is 2.11. The number of nitrogen functional groups attached to an aromatic ring is 1. The molecule has 7 nitrogen and oxygen atoms in total. The predicted molar refractivity (Wildman–Crippen MR) is 58.2 cm³/mol. The summed E-state index contributed by atoms with van der Waals surface area (Å²) in [6.45, 7) is 0.188. The summed E-state index contributed by atoms with van der Waals surface area (Å²) >= 11 is 0. The minimum absolute atomic E-state index is 0.0946. The minimum Gasteiger partial charge on any atom is -0.370 e. The highest BCUT2D eigenvalue weighted by atomic mass is 16.2. The molecule has 0 fully saturated rings. The Morgan fingerprint density at radius 2 is 2.19 bits per heavy atom. The van der Waals surface area contributed by atoms with Crippen molar-refractivity contribution in [1.29, 1.82) is 0 Å². The van der Waals surface area contributed by atoms with E-state index in [0.717, 1.165) is 0 Å². The first kappa shape index (κ1) is 11.9. The number of pyridine rings is 1. The van der Waals surface area contributed by atoms with Gasteiger partial charge in [-0.3, -0.25) is 20.4 Å². The first-order valence-corrected chi connectivity index (χ1v) is 4.62. The Kier molecular flexibility index (Phi) is 4.22. The molecule has 86 valence electrons. The summed E-state index contributed by atoms with van der Waals surface area (Å²) in [5, 5.41) is 2.53. The third-order valence-corrected chi connectivity index (χ3v) is 1.88. The highest BCUT2D eigenvalue weighted by Gasteiger charge is 2.10. The van der Waals surface area contributed by atoms with E-state index in [1.54, 1.807) is 6.07 Å². The van der Waals surface area contributed by atoms with Gasteiger partial charge in [0.1, 0.15) is 0 Å². The van der Waals surface area contributed by atoms with Crippen molar-refractivity contribution in [3.05, 3.63) is 24.0 Å². The fourth-order valence-corrected chi connectivity index (χ4v) is 1.10. The fourth-order valence-electron chi connectivity index (χ4n) is 1.10. The average Bonchev–Trinajstić information content (AvgIpc) is 2.28. The molecular formula is C9H13N5O2. The summed E-state index contributed by atoms with van der Waals surface area (Å²) in [6.07, 6.45) is 2.99. The maximum atomic E-state index is 11.6. The first-order chi connectivity index (χ1) is 7.65. The number of anilines is 1. The molecular weight excluding hydrogens is 210 g/mol. The first-order valence-electron chi connectivity index (χ1n) is 4.62. The maximum absolute atomic E-state index is 11.6. The maximum Gasteiger partial charge on any atom is 0.255 e. The van der Waals surface area contributed by atoms with Crippen LogP contribution in [-0.2, 0) is 4.79 Å². The summed E-state index contributed by atoms with van der Waals surface area (Å²) in [4.78, 5) is 25.9. The fraction of sp³-hybridized carbons (Fsp3) is 0.222. The van der Waals surface area contributed by atoms with Gasteiger partial charge in [-0.25, -0.2) is 0 Å². The molecule has 7 heteroatoms. The van der Waals surface area contributed by atoms with E-state index in [0.29, 0.717) is 11.3 Å². The Morgan fingerprint density at radius 3 is 2.81 bits per heavy atom. The van der Waals surface area contributed by atoms with Crippen molar-refractivity contribution >= 4 is 17.5 Å². The smallest absolute Gasteiger partial charge is 0.255 e. The van der Waals surface area contributed by atoms with Crippen LogP contribution in [0.15, 0.2) is 18.5 Å². The molecule has 0 aliphatic rings. The predicted octanol–water partition coefficient (Wildman–Crippen LogP) is -1.03. The second kappa shape index (κ2) is 5.66. The number of carbonyl (C=O) groups excluding carboxylic acids is 2. The Bertz CT molecular complexity index is 393. The lowest BCUT2D eigenvalue weighted by molar-refractivity contribution is -0.117. The van der Waals surface area contributed by atoms with Crippen LogP contribution in [0.1, 0.15) is 16.8 Å². The van der Waals surface area contributed by atoms with Crippen molar-refractivity contribution in [2.45, 2.75) is 6.42 Å². The van der Waals surface area contributed by atoms with E-state index in [1.807, 2.05) is 0 Å². The number of rotatable bonds is 5. The molecule has 0 unspecified atom stereocenters. The average molecular weight is 223 g/mol. The number of primary amides is 1. The van der Waals surface area contributed by atoms with Crippen LogP contribution in [0.25, 0.3) is 0 Å². The van der Waals surface area contributed by atoms with Crippen molar-refractivity contribution in [1.82, 2.24) is 10.3 Å². The number of nitrogens with zero attached hydrogens (tertiary/aromatic N) is 1. The molecule has 1 aromatic heterocycles. The van der Waals surface area contributed by atoms with Crippen LogP contribution in [0.3, 0.4) is 0 Å². The molecule has 1 rings (SSSR count). The van der Waals surface area contributed by atoms with Crippen molar-refractivity contribution in [2.24, 2.45) is 11.6 Å². The molecule has 0 bridgehead atoms. The van der Waals surface area contributed by atoms with Crippen LogP contribution in [0, 0.1) is 0 Å². The standard InChI is InChI=1S/C9H13N5O2/c10-8(15)2-4-13-9(16)6-5-12-3-1-7(6)14-11/h1,3,5H,2,4,11H2,(H2,10,15)(H,12,14)(H,13,16). The van der Waals surface area contributed by atoms with E-state index in [2.05, 4.69) is 15.7 Å². The molecule has 0 saturated carbocycles. The van der Waals surface area contributed by atoms with E-state index < -0.39 is 5.91 Å². The van der Waals surface area contributed by atoms with Crippen LogP contribution < -0.4 is 22.3 Å². The van der Waals surface area contributed by atoms with Gasteiger partial charge in [0, 0.05) is 25.4 Å². The number of aromatic nitrogens is 1. The third-order valence-electron chi connectivity index (χ3n) is 1.88. The number of hydrogen-bond donors (Lipinski definition) is 4. The summed E-state index contributed by atoms with van der Waals surface area (Å²) < 4.78 is 0. The van der Waals surface area contributed by atoms with Gasteiger partial charge >= 0.3 is 0 Å². The number of hydrogen-bond acceptors (Lipinski definition) is 5. The molecule has 0 atom stereocenters. The SMILES string of the molecule is NNc1ccncc1C(=O)NCCC(N)=O.